The van der Waals surface area contributed by atoms with Gasteiger partial charge in [0.05, 0.1) is 12.3 Å². The van der Waals surface area contributed by atoms with Crippen LogP contribution in [0.15, 0.2) is 22.7 Å². The van der Waals surface area contributed by atoms with Crippen molar-refractivity contribution in [2.45, 2.75) is 0 Å². The van der Waals surface area contributed by atoms with Crippen LogP contribution in [0, 0.1) is 5.82 Å². The van der Waals surface area contributed by atoms with E-state index in [9.17, 15) is 9.18 Å². The minimum absolute atomic E-state index is 0.0143. The Hall–Kier alpha value is -1.14. The Balaban J connectivity index is 2.68. The highest BCUT2D eigenvalue weighted by Gasteiger charge is 2.10. The first-order valence-electron chi connectivity index (χ1n) is 4.14. The number of hydrogen-bond acceptors (Lipinski definition) is 3. The maximum absolute atomic E-state index is 13.2. The molecule has 1 amide bonds. The first-order chi connectivity index (χ1) is 7.15. The molecule has 0 atom stereocenters. The van der Waals surface area contributed by atoms with E-state index >= 15 is 0 Å². The van der Waals surface area contributed by atoms with Crippen LogP contribution in [0.2, 0.25) is 0 Å². The molecule has 0 aliphatic carbocycles. The molecule has 1 rings (SSSR count). The molecule has 0 heterocycles. The normalized spacial score (nSPS) is 9.80. The Morgan fingerprint density at radius 2 is 2.33 bits per heavy atom. The summed E-state index contributed by atoms with van der Waals surface area (Å²) in [5.41, 5.74) is 0.0143. The number of aliphatic hydroxyl groups excluding tert-OH is 1. The molecule has 0 spiro atoms. The number of rotatable bonds is 3. The Morgan fingerprint density at radius 3 is 2.93 bits per heavy atom. The fourth-order valence-corrected chi connectivity index (χ4v) is 1.33. The first kappa shape index (κ1) is 11.9. The molecule has 0 radical (unpaired) electrons. The van der Waals surface area contributed by atoms with E-state index < -0.39 is 11.9 Å². The van der Waals surface area contributed by atoms with Gasteiger partial charge in [-0.25, -0.2) is 9.18 Å². The highest BCUT2D eigenvalue weighted by atomic mass is 79.9. The molecule has 0 aromatic heterocycles. The molecule has 6 heteroatoms. The Bertz CT molecular complexity index is 339. The van der Waals surface area contributed by atoms with Crippen LogP contribution in [0.3, 0.4) is 0 Å². The van der Waals surface area contributed by atoms with Crippen molar-refractivity contribution in [1.29, 1.82) is 0 Å². The summed E-state index contributed by atoms with van der Waals surface area (Å²) in [6.45, 7) is -0.399. The summed E-state index contributed by atoms with van der Waals surface area (Å²) in [4.78, 5) is 11.0. The Labute approximate surface area is 94.2 Å². The van der Waals surface area contributed by atoms with Crippen molar-refractivity contribution in [1.82, 2.24) is 0 Å². The van der Waals surface area contributed by atoms with E-state index in [0.717, 1.165) is 0 Å². The van der Waals surface area contributed by atoms with Crippen LogP contribution in [-0.2, 0) is 4.74 Å². The predicted octanol–water partition coefficient (Wildman–Crippen LogP) is 2.13. The maximum Gasteiger partial charge on any atom is 0.411 e. The summed E-state index contributed by atoms with van der Waals surface area (Å²) >= 11 is 3.08. The lowest BCUT2D eigenvalue weighted by Crippen LogP contribution is -2.16. The highest BCUT2D eigenvalue weighted by Crippen LogP contribution is 2.25. The van der Waals surface area contributed by atoms with Gasteiger partial charge in [0.25, 0.3) is 0 Å². The summed E-state index contributed by atoms with van der Waals surface area (Å²) in [5.74, 6) is -0.565. The van der Waals surface area contributed by atoms with Crippen molar-refractivity contribution >= 4 is 27.7 Å². The van der Waals surface area contributed by atoms with Crippen LogP contribution in [0.1, 0.15) is 0 Å². The lowest BCUT2D eigenvalue weighted by molar-refractivity contribution is 0.131. The predicted molar refractivity (Wildman–Crippen MR) is 56.2 cm³/mol. The zero-order chi connectivity index (χ0) is 11.3. The second-order valence-electron chi connectivity index (χ2n) is 2.58. The summed E-state index contributed by atoms with van der Waals surface area (Å²) in [6.07, 6.45) is -0.810. The molecule has 2 N–H and O–H groups in total. The van der Waals surface area contributed by atoms with E-state index in [1.807, 2.05) is 0 Å². The molecule has 0 aliphatic heterocycles. The van der Waals surface area contributed by atoms with Crippen molar-refractivity contribution in [2.24, 2.45) is 0 Å². The van der Waals surface area contributed by atoms with Crippen molar-refractivity contribution in [3.8, 4) is 0 Å². The molecule has 0 saturated heterocycles. The quantitative estimate of drug-likeness (QED) is 0.890. The van der Waals surface area contributed by atoms with Gasteiger partial charge in [-0.05, 0) is 28.1 Å². The SMILES string of the molecule is O=C(Nc1c(F)cccc1Br)OCCO. The number of para-hydroxylation sites is 1. The molecule has 1 aromatic rings. The zero-order valence-corrected chi connectivity index (χ0v) is 9.25. The number of carbonyl (C=O) groups excluding carboxylic acids is 1. The largest absolute Gasteiger partial charge is 0.447 e. The van der Waals surface area contributed by atoms with Crippen molar-refractivity contribution < 1.29 is 19.0 Å². The molecule has 1 aromatic carbocycles. The smallest absolute Gasteiger partial charge is 0.411 e. The molecule has 15 heavy (non-hydrogen) atoms. The number of ether oxygens (including phenoxy) is 1. The van der Waals surface area contributed by atoms with E-state index in [2.05, 4.69) is 26.0 Å². The molecule has 0 saturated carbocycles. The van der Waals surface area contributed by atoms with Gasteiger partial charge in [-0.1, -0.05) is 6.07 Å². The third kappa shape index (κ3) is 3.49. The van der Waals surface area contributed by atoms with Crippen molar-refractivity contribution in [2.75, 3.05) is 18.5 Å². The fraction of sp³-hybridized carbons (Fsp3) is 0.222. The van der Waals surface area contributed by atoms with E-state index in [-0.39, 0.29) is 18.9 Å². The van der Waals surface area contributed by atoms with Crippen LogP contribution in [0.25, 0.3) is 0 Å². The molecule has 0 unspecified atom stereocenters. The van der Waals surface area contributed by atoms with E-state index in [1.165, 1.54) is 12.1 Å². The van der Waals surface area contributed by atoms with Gasteiger partial charge in [0.15, 0.2) is 0 Å². The molecule has 0 aliphatic rings. The molecule has 0 fully saturated rings. The number of aliphatic hydroxyl groups is 1. The number of carbonyl (C=O) groups is 1. The van der Waals surface area contributed by atoms with E-state index in [4.69, 9.17) is 5.11 Å². The number of amides is 1. The third-order valence-electron chi connectivity index (χ3n) is 1.51. The maximum atomic E-state index is 13.2. The van der Waals surface area contributed by atoms with Gasteiger partial charge >= 0.3 is 6.09 Å². The number of anilines is 1. The number of nitrogens with one attached hydrogen (secondary N) is 1. The van der Waals surface area contributed by atoms with E-state index in [1.54, 1.807) is 6.07 Å². The van der Waals surface area contributed by atoms with Gasteiger partial charge in [0, 0.05) is 4.47 Å². The van der Waals surface area contributed by atoms with Crippen molar-refractivity contribution in [3.63, 3.8) is 0 Å². The molecular formula is C9H9BrFNO3. The highest BCUT2D eigenvalue weighted by molar-refractivity contribution is 9.10. The molecular weight excluding hydrogens is 269 g/mol. The van der Waals surface area contributed by atoms with Gasteiger partial charge in [0.1, 0.15) is 12.4 Å². The van der Waals surface area contributed by atoms with Crippen LogP contribution >= 0.6 is 15.9 Å². The Morgan fingerprint density at radius 1 is 1.60 bits per heavy atom. The van der Waals surface area contributed by atoms with Crippen LogP contribution in [-0.4, -0.2) is 24.4 Å². The lowest BCUT2D eigenvalue weighted by atomic mass is 10.3. The van der Waals surface area contributed by atoms with Crippen LogP contribution < -0.4 is 5.32 Å². The van der Waals surface area contributed by atoms with Crippen LogP contribution in [0.5, 0.6) is 0 Å². The van der Waals surface area contributed by atoms with Gasteiger partial charge in [-0.3, -0.25) is 5.32 Å². The van der Waals surface area contributed by atoms with Gasteiger partial charge in [-0.2, -0.15) is 0 Å². The Kier molecular flexibility index (Phi) is 4.51. The summed E-state index contributed by atoms with van der Waals surface area (Å²) in [6, 6.07) is 4.31. The second kappa shape index (κ2) is 5.67. The van der Waals surface area contributed by atoms with E-state index in [0.29, 0.717) is 4.47 Å². The van der Waals surface area contributed by atoms with Gasteiger partial charge in [-0.15, -0.1) is 0 Å². The van der Waals surface area contributed by atoms with Gasteiger partial charge in [0.2, 0.25) is 0 Å². The number of benzene rings is 1. The summed E-state index contributed by atoms with van der Waals surface area (Å²) in [7, 11) is 0. The minimum Gasteiger partial charge on any atom is -0.447 e. The average Bonchev–Trinajstić information content (AvgIpc) is 2.21. The van der Waals surface area contributed by atoms with Crippen molar-refractivity contribution in [3.05, 3.63) is 28.5 Å². The summed E-state index contributed by atoms with van der Waals surface area (Å²) in [5, 5.41) is 10.6. The molecule has 0 bridgehead atoms. The standard InChI is InChI=1S/C9H9BrFNO3/c10-6-2-1-3-7(11)8(6)12-9(14)15-5-4-13/h1-3,13H,4-5H2,(H,12,14). The molecule has 82 valence electrons. The molecule has 4 nitrogen and oxygen atoms in total. The first-order valence-corrected chi connectivity index (χ1v) is 4.93. The topological polar surface area (TPSA) is 58.6 Å². The number of hydrogen-bond donors (Lipinski definition) is 2. The fourth-order valence-electron chi connectivity index (χ4n) is 0.894. The number of halogens is 2. The average molecular weight is 278 g/mol. The zero-order valence-electron chi connectivity index (χ0n) is 7.67. The minimum atomic E-state index is -0.810. The lowest BCUT2D eigenvalue weighted by Gasteiger charge is -2.08. The summed E-state index contributed by atoms with van der Waals surface area (Å²) < 4.78 is 18.1. The van der Waals surface area contributed by atoms with Gasteiger partial charge < -0.3 is 9.84 Å². The monoisotopic (exact) mass is 277 g/mol. The third-order valence-corrected chi connectivity index (χ3v) is 2.18. The van der Waals surface area contributed by atoms with Crippen LogP contribution in [0.4, 0.5) is 14.9 Å². The second-order valence-corrected chi connectivity index (χ2v) is 3.44.